The summed E-state index contributed by atoms with van der Waals surface area (Å²) in [6, 6.07) is 2.19. The van der Waals surface area contributed by atoms with Crippen LogP contribution in [0, 0.1) is 5.82 Å². The number of benzene rings is 1. The zero-order valence-electron chi connectivity index (χ0n) is 10.4. The highest BCUT2D eigenvalue weighted by molar-refractivity contribution is 7.89. The Morgan fingerprint density at radius 2 is 2.11 bits per heavy atom. The lowest BCUT2D eigenvalue weighted by atomic mass is 10.3. The number of nitrogens with zero attached hydrogens (tertiary/aromatic N) is 1. The van der Waals surface area contributed by atoms with Crippen molar-refractivity contribution in [3.8, 4) is 0 Å². The molecule has 3 N–H and O–H groups in total. The average molecular weight is 311 g/mol. The van der Waals surface area contributed by atoms with Crippen molar-refractivity contribution in [3.05, 3.63) is 23.0 Å². The number of hydrogen-bond donors (Lipinski definition) is 2. The summed E-state index contributed by atoms with van der Waals surface area (Å²) in [4.78, 5) is -0.544. The molecular weight excluding hydrogens is 295 g/mol. The van der Waals surface area contributed by atoms with Crippen molar-refractivity contribution < 1.29 is 17.9 Å². The summed E-state index contributed by atoms with van der Waals surface area (Å²) < 4.78 is 39.5. The van der Waals surface area contributed by atoms with E-state index in [9.17, 15) is 12.8 Å². The van der Waals surface area contributed by atoms with Crippen molar-refractivity contribution >= 4 is 27.3 Å². The average Bonchev–Trinajstić information content (AvgIpc) is 2.34. The minimum atomic E-state index is -4.02. The molecule has 0 spiro atoms. The molecule has 0 saturated carbocycles. The van der Waals surface area contributed by atoms with Crippen LogP contribution in [0.25, 0.3) is 0 Å². The molecule has 1 aromatic rings. The standard InChI is InChI=1S/C11H16ClFN2O3S/c1-2-15(4-3-5-16)19(17,18)10-7-8(14)6-9(12)11(10)13/h6-7,16H,2-5,14H2,1H3. The maximum Gasteiger partial charge on any atom is 0.246 e. The number of nitrogens with two attached hydrogens (primary N) is 1. The molecule has 19 heavy (non-hydrogen) atoms. The summed E-state index contributed by atoms with van der Waals surface area (Å²) in [6.45, 7) is 1.74. The smallest absolute Gasteiger partial charge is 0.246 e. The van der Waals surface area contributed by atoms with Crippen molar-refractivity contribution in [3.63, 3.8) is 0 Å². The summed E-state index contributed by atoms with van der Waals surface area (Å²) in [7, 11) is -4.02. The van der Waals surface area contributed by atoms with E-state index >= 15 is 0 Å². The molecule has 108 valence electrons. The number of halogens is 2. The van der Waals surface area contributed by atoms with Crippen LogP contribution >= 0.6 is 11.6 Å². The van der Waals surface area contributed by atoms with Gasteiger partial charge in [-0.3, -0.25) is 0 Å². The van der Waals surface area contributed by atoms with E-state index in [0.717, 1.165) is 16.4 Å². The van der Waals surface area contributed by atoms with Gasteiger partial charge in [0.05, 0.1) is 5.02 Å². The molecular formula is C11H16ClFN2O3S. The molecule has 0 radical (unpaired) electrons. The molecule has 0 fully saturated rings. The van der Waals surface area contributed by atoms with Crippen LogP contribution in [0.4, 0.5) is 10.1 Å². The monoisotopic (exact) mass is 310 g/mol. The summed E-state index contributed by atoms with van der Waals surface area (Å²) >= 11 is 5.60. The van der Waals surface area contributed by atoms with Gasteiger partial charge in [0.1, 0.15) is 4.90 Å². The number of hydrogen-bond acceptors (Lipinski definition) is 4. The Labute approximate surface area is 116 Å². The third-order valence-corrected chi connectivity index (χ3v) is 4.80. The predicted octanol–water partition coefficient (Wildman–Crippen LogP) is 1.45. The molecule has 0 aliphatic carbocycles. The largest absolute Gasteiger partial charge is 0.399 e. The Balaban J connectivity index is 3.25. The Hall–Kier alpha value is -0.890. The molecule has 0 atom stereocenters. The van der Waals surface area contributed by atoms with Crippen LogP contribution in [0.3, 0.4) is 0 Å². The van der Waals surface area contributed by atoms with Crippen LogP contribution in [-0.4, -0.2) is 37.5 Å². The molecule has 0 aromatic heterocycles. The SMILES string of the molecule is CCN(CCCO)S(=O)(=O)c1cc(N)cc(Cl)c1F. The second kappa shape index (κ2) is 6.51. The number of anilines is 1. The van der Waals surface area contributed by atoms with Gasteiger partial charge in [0.25, 0.3) is 0 Å². The molecule has 0 amide bonds. The quantitative estimate of drug-likeness (QED) is 0.779. The molecule has 1 aromatic carbocycles. The number of aliphatic hydroxyl groups excluding tert-OH is 1. The van der Waals surface area contributed by atoms with Crippen LogP contribution < -0.4 is 5.73 Å². The number of nitrogen functional groups attached to an aromatic ring is 1. The van der Waals surface area contributed by atoms with Gasteiger partial charge in [0.15, 0.2) is 5.82 Å². The first kappa shape index (κ1) is 16.2. The number of aliphatic hydroxyl groups is 1. The van der Waals surface area contributed by atoms with E-state index < -0.39 is 20.7 Å². The van der Waals surface area contributed by atoms with Crippen molar-refractivity contribution in [2.24, 2.45) is 0 Å². The molecule has 1 rings (SSSR count). The Bertz CT molecular complexity index is 551. The second-order valence-corrected chi connectivity index (χ2v) is 6.20. The Morgan fingerprint density at radius 1 is 1.47 bits per heavy atom. The molecule has 0 heterocycles. The van der Waals surface area contributed by atoms with Crippen LogP contribution in [-0.2, 0) is 10.0 Å². The predicted molar refractivity (Wildman–Crippen MR) is 72.0 cm³/mol. The summed E-state index contributed by atoms with van der Waals surface area (Å²) in [5, 5.41) is 8.42. The fourth-order valence-electron chi connectivity index (χ4n) is 1.61. The first-order chi connectivity index (χ1) is 8.84. The molecule has 0 bridgehead atoms. The molecule has 0 aliphatic heterocycles. The van der Waals surface area contributed by atoms with Gasteiger partial charge in [0, 0.05) is 25.4 Å². The fraction of sp³-hybridized carbons (Fsp3) is 0.455. The molecule has 8 heteroatoms. The summed E-state index contributed by atoms with van der Waals surface area (Å²) in [5.41, 5.74) is 5.57. The maximum atomic E-state index is 13.9. The molecule has 0 saturated heterocycles. The second-order valence-electron chi connectivity index (χ2n) is 3.89. The zero-order valence-corrected chi connectivity index (χ0v) is 12.0. The first-order valence-corrected chi connectivity index (χ1v) is 7.52. The van der Waals surface area contributed by atoms with Gasteiger partial charge in [-0.1, -0.05) is 18.5 Å². The highest BCUT2D eigenvalue weighted by Crippen LogP contribution is 2.27. The van der Waals surface area contributed by atoms with Gasteiger partial charge in [0.2, 0.25) is 10.0 Å². The van der Waals surface area contributed by atoms with E-state index in [4.69, 9.17) is 22.4 Å². The van der Waals surface area contributed by atoms with Gasteiger partial charge in [-0.15, -0.1) is 0 Å². The van der Waals surface area contributed by atoms with Crippen molar-refractivity contribution in [1.29, 1.82) is 0 Å². The maximum absolute atomic E-state index is 13.9. The highest BCUT2D eigenvalue weighted by atomic mass is 35.5. The molecule has 5 nitrogen and oxygen atoms in total. The molecule has 0 unspecified atom stereocenters. The van der Waals surface area contributed by atoms with Gasteiger partial charge in [-0.25, -0.2) is 12.8 Å². The zero-order chi connectivity index (χ0) is 14.6. The van der Waals surface area contributed by atoms with E-state index in [-0.39, 0.29) is 36.8 Å². The molecule has 0 aliphatic rings. The van der Waals surface area contributed by atoms with E-state index in [0.29, 0.717) is 0 Å². The van der Waals surface area contributed by atoms with Crippen LogP contribution in [0.1, 0.15) is 13.3 Å². The topological polar surface area (TPSA) is 83.6 Å². The summed E-state index contributed by atoms with van der Waals surface area (Å²) in [5.74, 6) is -1.02. The van der Waals surface area contributed by atoms with Crippen molar-refractivity contribution in [2.75, 3.05) is 25.4 Å². The highest BCUT2D eigenvalue weighted by Gasteiger charge is 2.27. The van der Waals surface area contributed by atoms with Gasteiger partial charge in [-0.2, -0.15) is 4.31 Å². The van der Waals surface area contributed by atoms with Crippen molar-refractivity contribution in [2.45, 2.75) is 18.2 Å². The van der Waals surface area contributed by atoms with Crippen LogP contribution in [0.5, 0.6) is 0 Å². The lowest BCUT2D eigenvalue weighted by molar-refractivity contribution is 0.271. The third-order valence-electron chi connectivity index (χ3n) is 2.55. The normalized spacial score (nSPS) is 12.1. The van der Waals surface area contributed by atoms with Crippen molar-refractivity contribution in [1.82, 2.24) is 4.31 Å². The lowest BCUT2D eigenvalue weighted by Crippen LogP contribution is -2.33. The van der Waals surface area contributed by atoms with E-state index in [1.165, 1.54) is 0 Å². The minimum Gasteiger partial charge on any atom is -0.399 e. The Kier molecular flexibility index (Phi) is 5.54. The Morgan fingerprint density at radius 3 is 2.63 bits per heavy atom. The van der Waals surface area contributed by atoms with Gasteiger partial charge < -0.3 is 10.8 Å². The lowest BCUT2D eigenvalue weighted by Gasteiger charge is -2.20. The number of sulfonamides is 1. The van der Waals surface area contributed by atoms with E-state index in [1.807, 2.05) is 0 Å². The first-order valence-electron chi connectivity index (χ1n) is 5.70. The minimum absolute atomic E-state index is 0.0724. The van der Waals surface area contributed by atoms with Gasteiger partial charge >= 0.3 is 0 Å². The number of rotatable bonds is 6. The van der Waals surface area contributed by atoms with E-state index in [2.05, 4.69) is 0 Å². The fourth-order valence-corrected chi connectivity index (χ4v) is 3.50. The summed E-state index contributed by atoms with van der Waals surface area (Å²) in [6.07, 6.45) is 0.269. The third kappa shape index (κ3) is 3.56. The van der Waals surface area contributed by atoms with Crippen LogP contribution in [0.2, 0.25) is 5.02 Å². The van der Waals surface area contributed by atoms with E-state index in [1.54, 1.807) is 6.92 Å². The van der Waals surface area contributed by atoms with Crippen LogP contribution in [0.15, 0.2) is 17.0 Å². The van der Waals surface area contributed by atoms with Gasteiger partial charge in [-0.05, 0) is 18.6 Å².